The first-order valence-corrected chi connectivity index (χ1v) is 7.34. The summed E-state index contributed by atoms with van der Waals surface area (Å²) in [5.41, 5.74) is 6.70. The van der Waals surface area contributed by atoms with Crippen molar-refractivity contribution in [2.45, 2.75) is 29.8 Å². The molecule has 0 amide bonds. The van der Waals surface area contributed by atoms with E-state index in [1.165, 1.54) is 23.9 Å². The van der Waals surface area contributed by atoms with Gasteiger partial charge in [0.2, 0.25) is 5.16 Å². The minimum Gasteiger partial charge on any atom is -0.409 e. The molecule has 1 fully saturated rings. The van der Waals surface area contributed by atoms with E-state index in [9.17, 15) is 4.39 Å². The second kappa shape index (κ2) is 5.68. The Bertz CT molecular complexity index is 684. The highest BCUT2D eigenvalue weighted by molar-refractivity contribution is 7.98. The van der Waals surface area contributed by atoms with Crippen LogP contribution in [-0.4, -0.2) is 31.3 Å². The van der Waals surface area contributed by atoms with Gasteiger partial charge in [-0.2, -0.15) is 0 Å². The van der Waals surface area contributed by atoms with Crippen LogP contribution in [0.5, 0.6) is 0 Å². The number of thioether (sulfide) groups is 1. The predicted octanol–water partition coefficient (Wildman–Crippen LogP) is 1.53. The van der Waals surface area contributed by atoms with Crippen molar-refractivity contribution in [2.24, 2.45) is 10.9 Å². The minimum absolute atomic E-state index is 0.119. The van der Waals surface area contributed by atoms with Crippen LogP contribution in [0.4, 0.5) is 4.39 Å². The summed E-state index contributed by atoms with van der Waals surface area (Å²) in [6.45, 7) is 0. The molecule has 2 aromatic rings. The van der Waals surface area contributed by atoms with Crippen molar-refractivity contribution in [3.63, 3.8) is 0 Å². The van der Waals surface area contributed by atoms with Gasteiger partial charge in [0.15, 0.2) is 5.84 Å². The fourth-order valence-electron chi connectivity index (χ4n) is 1.94. The van der Waals surface area contributed by atoms with Crippen LogP contribution in [0.1, 0.15) is 30.0 Å². The number of rotatable bonds is 5. The van der Waals surface area contributed by atoms with Crippen molar-refractivity contribution in [2.75, 3.05) is 0 Å². The molecule has 0 aliphatic heterocycles. The SMILES string of the molecule is NC(=NO)c1cc(F)ccc1CSc1nnnn1C1CC1. The van der Waals surface area contributed by atoms with E-state index < -0.39 is 5.82 Å². The summed E-state index contributed by atoms with van der Waals surface area (Å²) in [5, 5.41) is 24.1. The highest BCUT2D eigenvalue weighted by atomic mass is 32.2. The second-order valence-corrected chi connectivity index (χ2v) is 5.66. The lowest BCUT2D eigenvalue weighted by molar-refractivity contribution is 0.318. The van der Waals surface area contributed by atoms with Crippen LogP contribution in [0, 0.1) is 5.82 Å². The van der Waals surface area contributed by atoms with Crippen LogP contribution in [0.15, 0.2) is 28.5 Å². The van der Waals surface area contributed by atoms with Gasteiger partial charge in [-0.05, 0) is 41.0 Å². The molecule has 0 saturated heterocycles. The Hall–Kier alpha value is -2.16. The predicted molar refractivity (Wildman–Crippen MR) is 74.6 cm³/mol. The van der Waals surface area contributed by atoms with Crippen LogP contribution < -0.4 is 5.73 Å². The number of nitrogens with zero attached hydrogens (tertiary/aromatic N) is 5. The Morgan fingerprint density at radius 2 is 2.33 bits per heavy atom. The van der Waals surface area contributed by atoms with E-state index in [2.05, 4.69) is 20.7 Å². The molecule has 0 atom stereocenters. The van der Waals surface area contributed by atoms with Crippen LogP contribution in [0.25, 0.3) is 0 Å². The van der Waals surface area contributed by atoms with Crippen molar-refractivity contribution >= 4 is 17.6 Å². The zero-order chi connectivity index (χ0) is 14.8. The summed E-state index contributed by atoms with van der Waals surface area (Å²) in [5.74, 6) is -0.0566. The Balaban J connectivity index is 1.80. The molecule has 9 heteroatoms. The van der Waals surface area contributed by atoms with Gasteiger partial charge in [-0.15, -0.1) is 5.10 Å². The first-order valence-electron chi connectivity index (χ1n) is 6.36. The Morgan fingerprint density at radius 3 is 3.05 bits per heavy atom. The third kappa shape index (κ3) is 2.97. The number of oxime groups is 1. The van der Waals surface area contributed by atoms with E-state index in [1.807, 2.05) is 0 Å². The summed E-state index contributed by atoms with van der Waals surface area (Å²) >= 11 is 1.44. The fraction of sp³-hybridized carbons (Fsp3) is 0.333. The normalized spacial score (nSPS) is 15.4. The first kappa shape index (κ1) is 13.8. The van der Waals surface area contributed by atoms with E-state index >= 15 is 0 Å². The van der Waals surface area contributed by atoms with Crippen molar-refractivity contribution in [1.82, 2.24) is 20.2 Å². The third-order valence-electron chi connectivity index (χ3n) is 3.17. The third-order valence-corrected chi connectivity index (χ3v) is 4.15. The number of hydrogen-bond acceptors (Lipinski definition) is 6. The molecule has 0 unspecified atom stereocenters. The quantitative estimate of drug-likeness (QED) is 0.285. The van der Waals surface area contributed by atoms with Gasteiger partial charge < -0.3 is 10.9 Å². The van der Waals surface area contributed by atoms with Crippen LogP contribution in [0.3, 0.4) is 0 Å². The lowest BCUT2D eigenvalue weighted by Gasteiger charge is -2.08. The number of halogens is 1. The molecule has 0 bridgehead atoms. The van der Waals surface area contributed by atoms with Gasteiger partial charge in [-0.3, -0.25) is 0 Å². The molecule has 0 radical (unpaired) electrons. The van der Waals surface area contributed by atoms with Crippen molar-refractivity contribution in [3.8, 4) is 0 Å². The fourth-order valence-corrected chi connectivity index (χ4v) is 2.89. The number of hydrogen-bond donors (Lipinski definition) is 2. The standard InChI is InChI=1S/C12H13FN6OS/c13-8-2-1-7(10(5-8)11(14)16-20)6-21-12-15-17-18-19(12)9-3-4-9/h1-2,5,9,20H,3-4,6H2,(H2,14,16). The van der Waals surface area contributed by atoms with Gasteiger partial charge in [0.25, 0.3) is 0 Å². The molecule has 1 aliphatic rings. The zero-order valence-corrected chi connectivity index (χ0v) is 11.8. The molecule has 3 rings (SSSR count). The first-order chi connectivity index (χ1) is 10.2. The zero-order valence-electron chi connectivity index (χ0n) is 11.0. The monoisotopic (exact) mass is 308 g/mol. The van der Waals surface area contributed by atoms with Gasteiger partial charge >= 0.3 is 0 Å². The molecule has 1 heterocycles. The van der Waals surface area contributed by atoms with E-state index in [1.54, 1.807) is 10.7 Å². The average Bonchev–Trinajstić information content (AvgIpc) is 3.24. The molecule has 1 aliphatic carbocycles. The van der Waals surface area contributed by atoms with Crippen LogP contribution in [0.2, 0.25) is 0 Å². The highest BCUT2D eigenvalue weighted by Gasteiger charge is 2.28. The summed E-state index contributed by atoms with van der Waals surface area (Å²) < 4.78 is 15.1. The van der Waals surface area contributed by atoms with Gasteiger partial charge in [-0.25, -0.2) is 9.07 Å². The summed E-state index contributed by atoms with van der Waals surface area (Å²) in [6, 6.07) is 4.59. The maximum Gasteiger partial charge on any atom is 0.209 e. The van der Waals surface area contributed by atoms with Crippen molar-refractivity contribution in [3.05, 3.63) is 35.1 Å². The summed E-state index contributed by atoms with van der Waals surface area (Å²) in [4.78, 5) is 0. The maximum absolute atomic E-state index is 13.3. The highest BCUT2D eigenvalue weighted by Crippen LogP contribution is 2.37. The molecule has 21 heavy (non-hydrogen) atoms. The van der Waals surface area contributed by atoms with Gasteiger partial charge in [0, 0.05) is 11.3 Å². The second-order valence-electron chi connectivity index (χ2n) is 4.71. The Labute approximate surface area is 124 Å². The summed E-state index contributed by atoms with van der Waals surface area (Å²) in [7, 11) is 0. The average molecular weight is 308 g/mol. The molecule has 1 aromatic carbocycles. The molecule has 1 aromatic heterocycles. The largest absolute Gasteiger partial charge is 0.409 e. The molecular weight excluding hydrogens is 295 g/mol. The molecule has 1 saturated carbocycles. The van der Waals surface area contributed by atoms with Crippen molar-refractivity contribution in [1.29, 1.82) is 0 Å². The number of amidine groups is 1. The lowest BCUT2D eigenvalue weighted by Crippen LogP contribution is -2.15. The van der Waals surface area contributed by atoms with E-state index in [-0.39, 0.29) is 5.84 Å². The smallest absolute Gasteiger partial charge is 0.209 e. The topological polar surface area (TPSA) is 102 Å². The number of benzene rings is 1. The Kier molecular flexibility index (Phi) is 3.74. The lowest BCUT2D eigenvalue weighted by atomic mass is 10.1. The number of nitrogens with two attached hydrogens (primary N) is 1. The molecule has 3 N–H and O–H groups in total. The number of aromatic nitrogens is 4. The van der Waals surface area contributed by atoms with Crippen molar-refractivity contribution < 1.29 is 9.60 Å². The van der Waals surface area contributed by atoms with Crippen LogP contribution >= 0.6 is 11.8 Å². The molecule has 0 spiro atoms. The van der Waals surface area contributed by atoms with Crippen LogP contribution in [-0.2, 0) is 5.75 Å². The molecule has 110 valence electrons. The van der Waals surface area contributed by atoms with Gasteiger partial charge in [0.05, 0.1) is 6.04 Å². The maximum atomic E-state index is 13.3. The molecular formula is C12H13FN6OS. The Morgan fingerprint density at radius 1 is 1.52 bits per heavy atom. The molecule has 7 nitrogen and oxygen atoms in total. The van der Waals surface area contributed by atoms with Gasteiger partial charge in [-0.1, -0.05) is 23.0 Å². The van der Waals surface area contributed by atoms with E-state index in [4.69, 9.17) is 10.9 Å². The van der Waals surface area contributed by atoms with E-state index in [0.29, 0.717) is 22.5 Å². The summed E-state index contributed by atoms with van der Waals surface area (Å²) in [6.07, 6.45) is 2.18. The number of tetrazole rings is 1. The van der Waals surface area contributed by atoms with E-state index in [0.717, 1.165) is 18.4 Å². The minimum atomic E-state index is -0.437. The van der Waals surface area contributed by atoms with Gasteiger partial charge in [0.1, 0.15) is 5.82 Å².